The molecule has 1 heterocycles. The highest BCUT2D eigenvalue weighted by molar-refractivity contribution is 5.92. The molecule has 0 radical (unpaired) electrons. The number of pyridine rings is 1. The lowest BCUT2D eigenvalue weighted by molar-refractivity contribution is -0.137. The molecule has 0 unspecified atom stereocenters. The number of benzene rings is 1. The number of nitrogens with zero attached hydrogens (tertiary/aromatic N) is 1. The van der Waals surface area contributed by atoms with Crippen molar-refractivity contribution in [3.05, 3.63) is 53.4 Å². The van der Waals surface area contributed by atoms with E-state index in [0.717, 1.165) is 24.4 Å². The van der Waals surface area contributed by atoms with Crippen LogP contribution in [-0.4, -0.2) is 28.1 Å². The van der Waals surface area contributed by atoms with Crippen molar-refractivity contribution in [2.75, 3.05) is 5.32 Å². The van der Waals surface area contributed by atoms with Gasteiger partial charge in [0.2, 0.25) is 5.91 Å². The average molecular weight is 486 g/mol. The van der Waals surface area contributed by atoms with Gasteiger partial charge in [-0.15, -0.1) is 0 Å². The molecule has 184 valence electrons. The predicted octanol–water partition coefficient (Wildman–Crippen LogP) is 4.80. The van der Waals surface area contributed by atoms with Gasteiger partial charge < -0.3 is 20.7 Å². The van der Waals surface area contributed by atoms with Crippen LogP contribution in [0.5, 0.6) is 0 Å². The Balaban J connectivity index is 1.65. The third-order valence-electron chi connectivity index (χ3n) is 4.85. The number of halogens is 5. The van der Waals surface area contributed by atoms with Crippen LogP contribution in [0.4, 0.5) is 38.1 Å². The fourth-order valence-corrected chi connectivity index (χ4v) is 3.06. The molecule has 1 fully saturated rings. The molecule has 3 N–H and O–H groups in total. The molecular weight excluding hydrogens is 463 g/mol. The summed E-state index contributed by atoms with van der Waals surface area (Å²) in [5.41, 5.74) is -4.43. The molecule has 2 aromatic rings. The van der Waals surface area contributed by atoms with Crippen molar-refractivity contribution in [3.63, 3.8) is 0 Å². The van der Waals surface area contributed by atoms with Crippen LogP contribution in [0.2, 0.25) is 0 Å². The minimum Gasteiger partial charge on any atom is -0.444 e. The lowest BCUT2D eigenvalue weighted by Gasteiger charge is -2.23. The van der Waals surface area contributed by atoms with Crippen molar-refractivity contribution in [3.8, 4) is 0 Å². The van der Waals surface area contributed by atoms with Crippen LogP contribution >= 0.6 is 0 Å². The highest BCUT2D eigenvalue weighted by Gasteiger charge is 2.51. The predicted molar refractivity (Wildman–Crippen MR) is 112 cm³/mol. The Morgan fingerprint density at radius 3 is 2.35 bits per heavy atom. The Morgan fingerprint density at radius 1 is 1.12 bits per heavy atom. The Labute approximate surface area is 192 Å². The van der Waals surface area contributed by atoms with E-state index in [9.17, 15) is 31.5 Å². The SMILES string of the molecule is CC(C)(C)OC(=O)NC1(C(=O)NCc2ncc(Nc3c(F)cccc3C(F)(F)F)cc2F)CC1. The monoisotopic (exact) mass is 486 g/mol. The van der Waals surface area contributed by atoms with Crippen LogP contribution in [-0.2, 0) is 22.3 Å². The van der Waals surface area contributed by atoms with E-state index in [4.69, 9.17) is 4.74 Å². The van der Waals surface area contributed by atoms with E-state index in [1.54, 1.807) is 20.8 Å². The molecule has 1 aliphatic rings. The van der Waals surface area contributed by atoms with E-state index in [-0.39, 0.29) is 17.9 Å². The molecule has 0 spiro atoms. The van der Waals surface area contributed by atoms with E-state index in [1.165, 1.54) is 0 Å². The number of alkyl carbamates (subject to hydrolysis) is 1. The van der Waals surface area contributed by atoms with Gasteiger partial charge in [0, 0.05) is 6.07 Å². The summed E-state index contributed by atoms with van der Waals surface area (Å²) in [6, 6.07) is 3.29. The van der Waals surface area contributed by atoms with Crippen LogP contribution in [0.1, 0.15) is 44.9 Å². The number of carbonyl (C=O) groups excluding carboxylic acids is 2. The number of nitrogens with one attached hydrogen (secondary N) is 3. The molecule has 0 bridgehead atoms. The zero-order valence-electron chi connectivity index (χ0n) is 18.6. The number of amides is 2. The molecule has 1 aliphatic carbocycles. The van der Waals surface area contributed by atoms with Crippen molar-refractivity contribution in [2.24, 2.45) is 0 Å². The number of para-hydroxylation sites is 1. The Hall–Kier alpha value is -3.44. The van der Waals surface area contributed by atoms with Crippen molar-refractivity contribution < 1.29 is 36.3 Å². The van der Waals surface area contributed by atoms with Gasteiger partial charge in [-0.25, -0.2) is 13.6 Å². The molecule has 0 saturated heterocycles. The molecule has 1 aromatic carbocycles. The molecule has 34 heavy (non-hydrogen) atoms. The lowest BCUT2D eigenvalue weighted by atomic mass is 10.1. The second kappa shape index (κ2) is 9.07. The number of aromatic nitrogens is 1. The molecule has 0 atom stereocenters. The summed E-state index contributed by atoms with van der Waals surface area (Å²) in [4.78, 5) is 28.3. The molecule has 2 amide bonds. The highest BCUT2D eigenvalue weighted by Crippen LogP contribution is 2.38. The maximum Gasteiger partial charge on any atom is 0.418 e. The van der Waals surface area contributed by atoms with Crippen molar-refractivity contribution in [1.29, 1.82) is 0 Å². The summed E-state index contributed by atoms with van der Waals surface area (Å²) in [7, 11) is 0. The second-order valence-corrected chi connectivity index (χ2v) is 8.83. The average Bonchev–Trinajstić information content (AvgIpc) is 3.46. The topological polar surface area (TPSA) is 92.3 Å². The number of alkyl halides is 3. The van der Waals surface area contributed by atoms with Crippen LogP contribution in [0.15, 0.2) is 30.5 Å². The molecule has 7 nitrogen and oxygen atoms in total. The maximum absolute atomic E-state index is 14.5. The Morgan fingerprint density at radius 2 is 1.79 bits per heavy atom. The Kier molecular flexibility index (Phi) is 6.72. The van der Waals surface area contributed by atoms with Crippen LogP contribution in [0, 0.1) is 11.6 Å². The molecule has 12 heteroatoms. The highest BCUT2D eigenvalue weighted by atomic mass is 19.4. The number of carbonyl (C=O) groups is 2. The summed E-state index contributed by atoms with van der Waals surface area (Å²) >= 11 is 0. The summed E-state index contributed by atoms with van der Waals surface area (Å²) in [6.07, 6.45) is -3.82. The van der Waals surface area contributed by atoms with E-state index < -0.39 is 52.2 Å². The number of anilines is 2. The van der Waals surface area contributed by atoms with Gasteiger partial charge in [0.25, 0.3) is 0 Å². The summed E-state index contributed by atoms with van der Waals surface area (Å²) in [5.74, 6) is -2.65. The standard InChI is InChI=1S/C22H23F5N4O3/c1-20(2,3)34-19(33)31-21(7-8-21)18(32)29-11-16-15(24)9-12(10-28-16)30-17-13(22(25,26)27)5-4-6-14(17)23/h4-6,9-10,30H,7-8,11H2,1-3H3,(H,29,32)(H,31,33). The van der Waals surface area contributed by atoms with Crippen LogP contribution in [0.25, 0.3) is 0 Å². The minimum absolute atomic E-state index is 0.198. The number of ether oxygens (including phenoxy) is 1. The third kappa shape index (κ3) is 6.12. The van der Waals surface area contributed by atoms with Gasteiger partial charge in [-0.05, 0) is 45.7 Å². The fourth-order valence-electron chi connectivity index (χ4n) is 3.06. The zero-order chi connectivity index (χ0) is 25.3. The number of hydrogen-bond donors (Lipinski definition) is 3. The first-order valence-corrected chi connectivity index (χ1v) is 10.3. The second-order valence-electron chi connectivity index (χ2n) is 8.83. The lowest BCUT2D eigenvalue weighted by Crippen LogP contribution is -2.50. The largest absolute Gasteiger partial charge is 0.444 e. The summed E-state index contributed by atoms with van der Waals surface area (Å²) < 4.78 is 73.0. The maximum atomic E-state index is 14.5. The number of rotatable bonds is 6. The first-order valence-electron chi connectivity index (χ1n) is 10.3. The van der Waals surface area contributed by atoms with Crippen molar-refractivity contribution in [2.45, 2.75) is 57.5 Å². The van der Waals surface area contributed by atoms with Crippen LogP contribution in [0.3, 0.4) is 0 Å². The molecule has 0 aliphatic heterocycles. The number of hydrogen-bond acceptors (Lipinski definition) is 5. The van der Waals surface area contributed by atoms with Gasteiger partial charge in [0.15, 0.2) is 0 Å². The van der Waals surface area contributed by atoms with Gasteiger partial charge in [0.05, 0.1) is 35.4 Å². The molecule has 1 saturated carbocycles. The van der Waals surface area contributed by atoms with Gasteiger partial charge in [-0.3, -0.25) is 9.78 Å². The normalized spacial score (nSPS) is 14.8. The van der Waals surface area contributed by atoms with E-state index >= 15 is 0 Å². The summed E-state index contributed by atoms with van der Waals surface area (Å²) in [6.45, 7) is 4.69. The van der Waals surface area contributed by atoms with E-state index in [0.29, 0.717) is 18.9 Å². The van der Waals surface area contributed by atoms with Crippen molar-refractivity contribution in [1.82, 2.24) is 15.6 Å². The van der Waals surface area contributed by atoms with E-state index in [1.807, 2.05) is 0 Å². The molecule has 3 rings (SSSR count). The van der Waals surface area contributed by atoms with E-state index in [2.05, 4.69) is 20.9 Å². The van der Waals surface area contributed by atoms with Crippen molar-refractivity contribution >= 4 is 23.4 Å². The first kappa shape index (κ1) is 25.2. The fraction of sp³-hybridized carbons (Fsp3) is 0.409. The Bertz CT molecular complexity index is 1090. The van der Waals surface area contributed by atoms with Gasteiger partial charge in [0.1, 0.15) is 22.8 Å². The third-order valence-corrected chi connectivity index (χ3v) is 4.85. The van der Waals surface area contributed by atoms with Crippen LogP contribution < -0.4 is 16.0 Å². The zero-order valence-corrected chi connectivity index (χ0v) is 18.6. The summed E-state index contributed by atoms with van der Waals surface area (Å²) in [5, 5.41) is 7.19. The van der Waals surface area contributed by atoms with Gasteiger partial charge in [-0.2, -0.15) is 13.2 Å². The van der Waals surface area contributed by atoms with Gasteiger partial charge >= 0.3 is 12.3 Å². The first-order chi connectivity index (χ1) is 15.7. The molecular formula is C22H23F5N4O3. The smallest absolute Gasteiger partial charge is 0.418 e. The quantitative estimate of drug-likeness (QED) is 0.511. The van der Waals surface area contributed by atoms with Gasteiger partial charge in [-0.1, -0.05) is 6.07 Å². The minimum atomic E-state index is -4.83. The molecule has 1 aromatic heterocycles.